The second kappa shape index (κ2) is 4.94. The Morgan fingerprint density at radius 1 is 1.47 bits per heavy atom. The highest BCUT2D eigenvalue weighted by Crippen LogP contribution is 2.15. The van der Waals surface area contributed by atoms with Crippen LogP contribution in [-0.4, -0.2) is 41.1 Å². The average Bonchev–Trinajstić information content (AvgIpc) is 2.10. The van der Waals surface area contributed by atoms with Crippen molar-refractivity contribution in [1.82, 2.24) is 10.0 Å². The molecule has 1 saturated heterocycles. The molecule has 15 heavy (non-hydrogen) atoms. The van der Waals surface area contributed by atoms with Gasteiger partial charge in [0, 0.05) is 25.0 Å². The molecule has 4 nitrogen and oxygen atoms in total. The highest BCUT2D eigenvalue weighted by molar-refractivity contribution is 5.76. The number of nitrogens with two attached hydrogens (primary N) is 1. The van der Waals surface area contributed by atoms with E-state index in [1.165, 1.54) is 0 Å². The number of carbonyl (C=O) groups is 1. The summed E-state index contributed by atoms with van der Waals surface area (Å²) in [6, 6.07) is 0. The van der Waals surface area contributed by atoms with Gasteiger partial charge in [0.05, 0.1) is 6.54 Å². The minimum Gasteiger partial charge on any atom is -0.324 e. The van der Waals surface area contributed by atoms with E-state index >= 15 is 0 Å². The third-order valence-corrected chi connectivity index (χ3v) is 2.48. The first-order valence-corrected chi connectivity index (χ1v) is 5.78. The van der Waals surface area contributed by atoms with E-state index in [9.17, 15) is 4.79 Å². The standard InChI is InChI=1S/C11H23N3O/c1-4-7-13-8-5-6-10(15)14(13)9-11(2,3)12/h4-9,12H2,1-3H3. The average molecular weight is 213 g/mol. The van der Waals surface area contributed by atoms with Crippen LogP contribution in [0.4, 0.5) is 0 Å². The zero-order valence-corrected chi connectivity index (χ0v) is 10.1. The van der Waals surface area contributed by atoms with Gasteiger partial charge in [0.25, 0.3) is 0 Å². The van der Waals surface area contributed by atoms with Gasteiger partial charge in [-0.15, -0.1) is 0 Å². The molecule has 1 heterocycles. The molecule has 0 unspecified atom stereocenters. The van der Waals surface area contributed by atoms with Crippen molar-refractivity contribution in [2.45, 2.75) is 45.6 Å². The number of hydrazine groups is 1. The Hall–Kier alpha value is -0.610. The van der Waals surface area contributed by atoms with Gasteiger partial charge in [-0.3, -0.25) is 9.80 Å². The SMILES string of the molecule is CCCN1CCCC(=O)N1CC(C)(C)N. The lowest BCUT2D eigenvalue weighted by Crippen LogP contribution is -2.57. The van der Waals surface area contributed by atoms with Crippen molar-refractivity contribution in [2.24, 2.45) is 5.73 Å². The third kappa shape index (κ3) is 3.80. The van der Waals surface area contributed by atoms with Crippen LogP contribution < -0.4 is 5.73 Å². The predicted molar refractivity (Wildman–Crippen MR) is 61.1 cm³/mol. The summed E-state index contributed by atoms with van der Waals surface area (Å²) in [5.74, 6) is 0.216. The second-order valence-electron chi connectivity index (χ2n) is 5.00. The van der Waals surface area contributed by atoms with Crippen LogP contribution in [0.5, 0.6) is 0 Å². The lowest BCUT2D eigenvalue weighted by molar-refractivity contribution is -0.157. The molecule has 4 heteroatoms. The highest BCUT2D eigenvalue weighted by atomic mass is 16.2. The monoisotopic (exact) mass is 213 g/mol. The van der Waals surface area contributed by atoms with E-state index in [1.807, 2.05) is 18.9 Å². The second-order valence-corrected chi connectivity index (χ2v) is 5.00. The quantitative estimate of drug-likeness (QED) is 0.757. The lowest BCUT2D eigenvalue weighted by atomic mass is 10.1. The zero-order valence-electron chi connectivity index (χ0n) is 10.1. The summed E-state index contributed by atoms with van der Waals surface area (Å²) in [6.45, 7) is 8.59. The van der Waals surface area contributed by atoms with E-state index in [0.29, 0.717) is 13.0 Å². The molecule has 1 amide bonds. The highest BCUT2D eigenvalue weighted by Gasteiger charge is 2.28. The Bertz CT molecular complexity index is 220. The van der Waals surface area contributed by atoms with E-state index in [-0.39, 0.29) is 11.4 Å². The molecule has 1 fully saturated rings. The number of hydrogen-bond acceptors (Lipinski definition) is 3. The first kappa shape index (κ1) is 12.5. The molecule has 1 aliphatic rings. The molecule has 1 aliphatic heterocycles. The molecule has 0 spiro atoms. The number of hydrogen-bond donors (Lipinski definition) is 1. The van der Waals surface area contributed by atoms with E-state index in [0.717, 1.165) is 25.9 Å². The van der Waals surface area contributed by atoms with Gasteiger partial charge in [0.15, 0.2) is 0 Å². The van der Waals surface area contributed by atoms with Crippen molar-refractivity contribution >= 4 is 5.91 Å². The summed E-state index contributed by atoms with van der Waals surface area (Å²) >= 11 is 0. The van der Waals surface area contributed by atoms with Crippen molar-refractivity contribution in [2.75, 3.05) is 19.6 Å². The van der Waals surface area contributed by atoms with Crippen molar-refractivity contribution < 1.29 is 4.79 Å². The van der Waals surface area contributed by atoms with E-state index in [1.54, 1.807) is 0 Å². The molecule has 88 valence electrons. The molecule has 0 aromatic carbocycles. The number of carbonyl (C=O) groups excluding carboxylic acids is 1. The van der Waals surface area contributed by atoms with Gasteiger partial charge in [0.1, 0.15) is 0 Å². The van der Waals surface area contributed by atoms with E-state index in [4.69, 9.17) is 5.73 Å². The molecule has 0 saturated carbocycles. The van der Waals surface area contributed by atoms with Crippen LogP contribution in [0, 0.1) is 0 Å². The van der Waals surface area contributed by atoms with Gasteiger partial charge in [-0.05, 0) is 26.7 Å². The maximum Gasteiger partial charge on any atom is 0.236 e. The largest absolute Gasteiger partial charge is 0.324 e. The van der Waals surface area contributed by atoms with Crippen molar-refractivity contribution in [3.05, 3.63) is 0 Å². The fraction of sp³-hybridized carbons (Fsp3) is 0.909. The number of amides is 1. The molecule has 2 N–H and O–H groups in total. The number of nitrogens with zero attached hydrogens (tertiary/aromatic N) is 2. The van der Waals surface area contributed by atoms with Crippen molar-refractivity contribution in [1.29, 1.82) is 0 Å². The van der Waals surface area contributed by atoms with Crippen LogP contribution in [0.1, 0.15) is 40.0 Å². The summed E-state index contributed by atoms with van der Waals surface area (Å²) in [6.07, 6.45) is 2.70. The Kier molecular flexibility index (Phi) is 4.11. The Balaban J connectivity index is 2.64. The van der Waals surface area contributed by atoms with Gasteiger partial charge in [-0.25, -0.2) is 5.01 Å². The van der Waals surface area contributed by atoms with E-state index < -0.39 is 0 Å². The van der Waals surface area contributed by atoms with Crippen molar-refractivity contribution in [3.8, 4) is 0 Å². The maximum absolute atomic E-state index is 11.8. The summed E-state index contributed by atoms with van der Waals surface area (Å²) in [5.41, 5.74) is 5.65. The van der Waals surface area contributed by atoms with Crippen LogP contribution in [0.3, 0.4) is 0 Å². The smallest absolute Gasteiger partial charge is 0.236 e. The lowest BCUT2D eigenvalue weighted by Gasteiger charge is -2.41. The van der Waals surface area contributed by atoms with E-state index in [2.05, 4.69) is 11.9 Å². The van der Waals surface area contributed by atoms with Crippen molar-refractivity contribution in [3.63, 3.8) is 0 Å². The maximum atomic E-state index is 11.8. The van der Waals surface area contributed by atoms with Gasteiger partial charge in [-0.1, -0.05) is 6.92 Å². The Labute approximate surface area is 92.4 Å². The summed E-state index contributed by atoms with van der Waals surface area (Å²) in [5, 5.41) is 3.98. The summed E-state index contributed by atoms with van der Waals surface area (Å²) in [4.78, 5) is 11.8. The minimum absolute atomic E-state index is 0.216. The predicted octanol–water partition coefficient (Wildman–Crippen LogP) is 0.973. The fourth-order valence-electron chi connectivity index (χ4n) is 1.89. The molecule has 1 rings (SSSR count). The topological polar surface area (TPSA) is 49.6 Å². The number of rotatable bonds is 4. The Morgan fingerprint density at radius 3 is 2.67 bits per heavy atom. The molecule has 0 aliphatic carbocycles. The molecular weight excluding hydrogens is 190 g/mol. The molecule has 0 radical (unpaired) electrons. The summed E-state index contributed by atoms with van der Waals surface area (Å²) in [7, 11) is 0. The molecule has 0 aromatic rings. The fourth-order valence-corrected chi connectivity index (χ4v) is 1.89. The molecule has 0 aromatic heterocycles. The minimum atomic E-state index is -0.320. The van der Waals surface area contributed by atoms with Crippen LogP contribution in [0.25, 0.3) is 0 Å². The van der Waals surface area contributed by atoms with Crippen LogP contribution >= 0.6 is 0 Å². The molecule has 0 atom stereocenters. The summed E-state index contributed by atoms with van der Waals surface area (Å²) < 4.78 is 0. The third-order valence-electron chi connectivity index (χ3n) is 2.48. The van der Waals surface area contributed by atoms with Gasteiger partial charge >= 0.3 is 0 Å². The molecular formula is C11H23N3O. The van der Waals surface area contributed by atoms with Gasteiger partial charge < -0.3 is 5.73 Å². The van der Waals surface area contributed by atoms with Gasteiger partial charge in [0.2, 0.25) is 5.91 Å². The van der Waals surface area contributed by atoms with Crippen LogP contribution in [0.2, 0.25) is 0 Å². The van der Waals surface area contributed by atoms with Gasteiger partial charge in [-0.2, -0.15) is 0 Å². The molecule has 0 bridgehead atoms. The normalized spacial score (nSPS) is 19.7. The van der Waals surface area contributed by atoms with Crippen LogP contribution in [0.15, 0.2) is 0 Å². The van der Waals surface area contributed by atoms with Crippen LogP contribution in [-0.2, 0) is 4.79 Å². The first-order valence-electron chi connectivity index (χ1n) is 5.78. The first-order chi connectivity index (χ1) is 6.94. The zero-order chi connectivity index (χ0) is 11.5. The Morgan fingerprint density at radius 2 is 2.13 bits per heavy atom.